The molecule has 0 aromatic heterocycles. The average Bonchev–Trinajstić information content (AvgIpc) is 2.55. The summed E-state index contributed by atoms with van der Waals surface area (Å²) in [6, 6.07) is 14.6. The number of hydrogen-bond acceptors (Lipinski definition) is 4. The predicted molar refractivity (Wildman–Crippen MR) is 101 cm³/mol. The first-order valence-electron chi connectivity index (χ1n) is 7.52. The van der Waals surface area contributed by atoms with Gasteiger partial charge in [-0.2, -0.15) is 13.5 Å². The number of benzene rings is 2. The molecule has 0 saturated heterocycles. The molecule has 0 aliphatic heterocycles. The van der Waals surface area contributed by atoms with Crippen molar-refractivity contribution in [2.45, 2.75) is 36.0 Å². The van der Waals surface area contributed by atoms with Gasteiger partial charge in [0.15, 0.2) is 0 Å². The summed E-state index contributed by atoms with van der Waals surface area (Å²) in [4.78, 5) is 3.59. The first kappa shape index (κ1) is 18.5. The first-order chi connectivity index (χ1) is 11.2. The van der Waals surface area contributed by atoms with E-state index in [1.807, 2.05) is 42.7 Å². The zero-order valence-corrected chi connectivity index (χ0v) is 15.9. The van der Waals surface area contributed by atoms with Crippen molar-refractivity contribution in [1.29, 1.82) is 0 Å². The van der Waals surface area contributed by atoms with Crippen molar-refractivity contribution in [3.05, 3.63) is 59.7 Å². The number of rotatable bonds is 5. The third-order valence-corrected chi connectivity index (χ3v) is 5.52. The Morgan fingerprint density at radius 3 is 2.08 bits per heavy atom. The topological polar surface area (TPSA) is 58.5 Å². The fraction of sp³-hybridized carbons (Fsp3) is 0.278. The lowest BCUT2D eigenvalue weighted by Crippen LogP contribution is -2.19. The maximum absolute atomic E-state index is 12.3. The Labute approximate surface area is 148 Å². The van der Waals surface area contributed by atoms with E-state index >= 15 is 0 Å². The second-order valence-corrected chi connectivity index (χ2v) is 8.94. The van der Waals surface area contributed by atoms with Crippen LogP contribution >= 0.6 is 11.8 Å². The smallest absolute Gasteiger partial charge is 0.200 e. The summed E-state index contributed by atoms with van der Waals surface area (Å²) in [5.74, 6) is 0. The largest absolute Gasteiger partial charge is 0.276 e. The van der Waals surface area contributed by atoms with E-state index in [1.165, 1.54) is 6.21 Å². The van der Waals surface area contributed by atoms with Gasteiger partial charge in [0.2, 0.25) is 0 Å². The standard InChI is InChI=1S/C18H22N2O2S2/c1-18(2,3)15-7-11-17(12-8-15)24(21,22)20-19-13-14-5-9-16(23-4)10-6-14/h5-13,20H,1-4H3/b19-13-. The molecule has 0 heterocycles. The molecule has 0 saturated carbocycles. The lowest BCUT2D eigenvalue weighted by Gasteiger charge is -2.19. The highest BCUT2D eigenvalue weighted by Gasteiger charge is 2.16. The molecule has 2 aromatic rings. The minimum atomic E-state index is -3.66. The summed E-state index contributed by atoms with van der Waals surface area (Å²) in [6.45, 7) is 6.25. The van der Waals surface area contributed by atoms with Crippen LogP contribution in [0, 0.1) is 0 Å². The second-order valence-electron chi connectivity index (χ2n) is 6.40. The number of thioether (sulfide) groups is 1. The highest BCUT2D eigenvalue weighted by Crippen LogP contribution is 2.23. The van der Waals surface area contributed by atoms with Crippen LogP contribution in [0.15, 0.2) is 63.4 Å². The lowest BCUT2D eigenvalue weighted by molar-refractivity contribution is 0.580. The number of hydrogen-bond donors (Lipinski definition) is 1. The number of hydrazone groups is 1. The van der Waals surface area contributed by atoms with Gasteiger partial charge >= 0.3 is 0 Å². The quantitative estimate of drug-likeness (QED) is 0.496. The van der Waals surface area contributed by atoms with Gasteiger partial charge in [-0.3, -0.25) is 0 Å². The van der Waals surface area contributed by atoms with Gasteiger partial charge < -0.3 is 0 Å². The Balaban J connectivity index is 2.08. The predicted octanol–water partition coefficient (Wildman–Crippen LogP) is 4.02. The molecule has 4 nitrogen and oxygen atoms in total. The van der Waals surface area contributed by atoms with Crippen molar-refractivity contribution in [2.75, 3.05) is 6.26 Å². The van der Waals surface area contributed by atoms with E-state index in [2.05, 4.69) is 30.7 Å². The van der Waals surface area contributed by atoms with E-state index in [0.29, 0.717) is 0 Å². The molecule has 0 aliphatic carbocycles. The summed E-state index contributed by atoms with van der Waals surface area (Å²) >= 11 is 1.65. The molecule has 128 valence electrons. The molecule has 0 atom stereocenters. The molecule has 24 heavy (non-hydrogen) atoms. The van der Waals surface area contributed by atoms with Gasteiger partial charge in [0.1, 0.15) is 0 Å². The van der Waals surface area contributed by atoms with Crippen LogP contribution in [-0.4, -0.2) is 20.9 Å². The third-order valence-electron chi connectivity index (χ3n) is 3.53. The van der Waals surface area contributed by atoms with Crippen LogP contribution in [-0.2, 0) is 15.4 Å². The molecule has 0 spiro atoms. The Morgan fingerprint density at radius 2 is 1.58 bits per heavy atom. The van der Waals surface area contributed by atoms with Crippen LogP contribution in [0.4, 0.5) is 0 Å². The molecule has 2 aromatic carbocycles. The minimum Gasteiger partial charge on any atom is -0.200 e. The normalized spacial score (nSPS) is 12.5. The van der Waals surface area contributed by atoms with E-state index in [9.17, 15) is 8.42 Å². The van der Waals surface area contributed by atoms with Crippen molar-refractivity contribution < 1.29 is 8.42 Å². The molecule has 6 heteroatoms. The van der Waals surface area contributed by atoms with Crippen molar-refractivity contribution in [3.8, 4) is 0 Å². The molecule has 2 rings (SSSR count). The van der Waals surface area contributed by atoms with Gasteiger partial charge in [0.05, 0.1) is 11.1 Å². The molecular weight excluding hydrogens is 340 g/mol. The lowest BCUT2D eigenvalue weighted by atomic mass is 9.87. The van der Waals surface area contributed by atoms with Gasteiger partial charge in [-0.25, -0.2) is 4.83 Å². The molecule has 0 bridgehead atoms. The number of nitrogens with one attached hydrogen (secondary N) is 1. The molecular formula is C18H22N2O2S2. The maximum Gasteiger partial charge on any atom is 0.276 e. The van der Waals surface area contributed by atoms with Gasteiger partial charge in [-0.05, 0) is 47.1 Å². The van der Waals surface area contributed by atoms with Gasteiger partial charge in [-0.1, -0.05) is 45.0 Å². The Kier molecular flexibility index (Phi) is 5.72. The minimum absolute atomic E-state index is 0.0171. The molecule has 0 radical (unpaired) electrons. The summed E-state index contributed by atoms with van der Waals surface area (Å²) in [6.07, 6.45) is 3.49. The monoisotopic (exact) mass is 362 g/mol. The van der Waals surface area contributed by atoms with Crippen molar-refractivity contribution in [3.63, 3.8) is 0 Å². The first-order valence-corrected chi connectivity index (χ1v) is 10.2. The summed E-state index contributed by atoms with van der Waals surface area (Å²) in [7, 11) is -3.66. The molecule has 0 amide bonds. The van der Waals surface area contributed by atoms with Crippen LogP contribution in [0.3, 0.4) is 0 Å². The van der Waals surface area contributed by atoms with Gasteiger partial charge in [0, 0.05) is 4.90 Å². The van der Waals surface area contributed by atoms with E-state index < -0.39 is 10.0 Å². The van der Waals surface area contributed by atoms with E-state index in [0.717, 1.165) is 16.0 Å². The van der Waals surface area contributed by atoms with Crippen LogP contribution in [0.1, 0.15) is 31.9 Å². The third kappa shape index (κ3) is 4.85. The number of sulfonamides is 1. The SMILES string of the molecule is CSc1ccc(/C=N\NS(=O)(=O)c2ccc(C(C)(C)C)cc2)cc1. The number of nitrogens with zero attached hydrogens (tertiary/aromatic N) is 1. The maximum atomic E-state index is 12.3. The van der Waals surface area contributed by atoms with Crippen molar-refractivity contribution in [2.24, 2.45) is 5.10 Å². The van der Waals surface area contributed by atoms with Gasteiger partial charge in [-0.15, -0.1) is 11.8 Å². The Bertz CT molecular complexity index is 804. The Hall–Kier alpha value is -1.79. The van der Waals surface area contributed by atoms with Crippen molar-refractivity contribution in [1.82, 2.24) is 4.83 Å². The van der Waals surface area contributed by atoms with Crippen LogP contribution in [0.25, 0.3) is 0 Å². The summed E-state index contributed by atoms with van der Waals surface area (Å²) < 4.78 is 24.5. The Morgan fingerprint density at radius 1 is 1.00 bits per heavy atom. The summed E-state index contributed by atoms with van der Waals surface area (Å²) in [5.41, 5.74) is 1.90. The van der Waals surface area contributed by atoms with Crippen LogP contribution < -0.4 is 4.83 Å². The second kappa shape index (κ2) is 7.40. The van der Waals surface area contributed by atoms with Gasteiger partial charge in [0.25, 0.3) is 10.0 Å². The van der Waals surface area contributed by atoms with Crippen LogP contribution in [0.5, 0.6) is 0 Å². The highest BCUT2D eigenvalue weighted by atomic mass is 32.2. The molecule has 0 fully saturated rings. The van der Waals surface area contributed by atoms with E-state index in [4.69, 9.17) is 0 Å². The fourth-order valence-electron chi connectivity index (χ4n) is 2.05. The summed E-state index contributed by atoms with van der Waals surface area (Å²) in [5, 5.41) is 3.85. The van der Waals surface area contributed by atoms with Crippen molar-refractivity contribution >= 4 is 28.0 Å². The van der Waals surface area contributed by atoms with Crippen LogP contribution in [0.2, 0.25) is 0 Å². The average molecular weight is 363 g/mol. The zero-order valence-electron chi connectivity index (χ0n) is 14.3. The fourth-order valence-corrected chi connectivity index (χ4v) is 3.25. The molecule has 0 unspecified atom stereocenters. The molecule has 1 N–H and O–H groups in total. The van der Waals surface area contributed by atoms with E-state index in [1.54, 1.807) is 23.9 Å². The zero-order chi connectivity index (χ0) is 17.8. The van der Waals surface area contributed by atoms with E-state index in [-0.39, 0.29) is 10.3 Å². The highest BCUT2D eigenvalue weighted by molar-refractivity contribution is 7.98. The molecule has 0 aliphatic rings.